The Morgan fingerprint density at radius 2 is 2.29 bits per heavy atom. The number of carboxylic acid groups (broad SMARTS) is 1. The van der Waals surface area contributed by atoms with Crippen LogP contribution in [0.2, 0.25) is 0 Å². The number of rotatable bonds is 8. The molecule has 3 nitrogen and oxygen atoms in total. The molecule has 94 valence electrons. The fraction of sp³-hybridized carbons (Fsp3) is 0.571. The lowest BCUT2D eigenvalue weighted by atomic mass is 9.92. The second-order valence-electron chi connectivity index (χ2n) is 4.55. The normalized spacial score (nSPS) is 19.2. The van der Waals surface area contributed by atoms with Crippen LogP contribution in [-0.2, 0) is 9.59 Å². The van der Waals surface area contributed by atoms with Gasteiger partial charge in [0.1, 0.15) is 0 Å². The standard InChI is InChI=1S/C14H20O3/c1-2-3-6-11-9-13(15)10-12(11)7-4-5-8-14(16)17/h2,9,12H,1,3-8,10H2,(H,16,17). The van der Waals surface area contributed by atoms with Crippen LogP contribution < -0.4 is 0 Å². The summed E-state index contributed by atoms with van der Waals surface area (Å²) in [7, 11) is 0. The highest BCUT2D eigenvalue weighted by molar-refractivity contribution is 5.93. The average molecular weight is 236 g/mol. The molecule has 0 radical (unpaired) electrons. The van der Waals surface area contributed by atoms with Crippen LogP contribution >= 0.6 is 0 Å². The van der Waals surface area contributed by atoms with Gasteiger partial charge in [-0.25, -0.2) is 0 Å². The molecule has 0 spiro atoms. The van der Waals surface area contributed by atoms with Crippen molar-refractivity contribution < 1.29 is 14.7 Å². The van der Waals surface area contributed by atoms with Gasteiger partial charge in [0.25, 0.3) is 0 Å². The van der Waals surface area contributed by atoms with Gasteiger partial charge >= 0.3 is 5.97 Å². The molecule has 0 aromatic rings. The molecule has 3 heteroatoms. The lowest BCUT2D eigenvalue weighted by Gasteiger charge is -2.13. The zero-order chi connectivity index (χ0) is 12.7. The maximum atomic E-state index is 11.4. The van der Waals surface area contributed by atoms with Crippen molar-refractivity contribution in [2.45, 2.75) is 44.9 Å². The van der Waals surface area contributed by atoms with Gasteiger partial charge in [-0.15, -0.1) is 6.58 Å². The molecule has 0 aromatic heterocycles. The predicted octanol–water partition coefficient (Wildman–Crippen LogP) is 3.11. The Morgan fingerprint density at radius 1 is 1.53 bits per heavy atom. The minimum Gasteiger partial charge on any atom is -0.481 e. The highest BCUT2D eigenvalue weighted by atomic mass is 16.4. The zero-order valence-electron chi connectivity index (χ0n) is 10.2. The topological polar surface area (TPSA) is 54.4 Å². The first-order chi connectivity index (χ1) is 8.13. The van der Waals surface area contributed by atoms with E-state index in [4.69, 9.17) is 5.11 Å². The van der Waals surface area contributed by atoms with E-state index in [-0.39, 0.29) is 12.2 Å². The number of aliphatic carboxylic acids is 1. The fourth-order valence-corrected chi connectivity index (χ4v) is 2.26. The van der Waals surface area contributed by atoms with E-state index in [2.05, 4.69) is 6.58 Å². The Hall–Kier alpha value is -1.38. The van der Waals surface area contributed by atoms with Gasteiger partial charge in [-0.05, 0) is 37.7 Å². The van der Waals surface area contributed by atoms with Crippen LogP contribution in [0.25, 0.3) is 0 Å². The summed E-state index contributed by atoms with van der Waals surface area (Å²) in [6.07, 6.45) is 8.82. The van der Waals surface area contributed by atoms with Crippen molar-refractivity contribution >= 4 is 11.8 Å². The van der Waals surface area contributed by atoms with E-state index in [0.717, 1.165) is 25.7 Å². The predicted molar refractivity (Wildman–Crippen MR) is 66.7 cm³/mol. The van der Waals surface area contributed by atoms with Crippen molar-refractivity contribution in [3.05, 3.63) is 24.3 Å². The number of unbranched alkanes of at least 4 members (excludes halogenated alkanes) is 1. The van der Waals surface area contributed by atoms with Crippen LogP contribution in [0, 0.1) is 5.92 Å². The maximum absolute atomic E-state index is 11.4. The van der Waals surface area contributed by atoms with E-state index in [0.29, 0.717) is 18.8 Å². The van der Waals surface area contributed by atoms with Crippen molar-refractivity contribution in [1.82, 2.24) is 0 Å². The number of allylic oxidation sites excluding steroid dienone is 3. The zero-order valence-corrected chi connectivity index (χ0v) is 10.2. The van der Waals surface area contributed by atoms with Gasteiger partial charge in [0.2, 0.25) is 0 Å². The Kier molecular flexibility index (Phi) is 5.67. The molecule has 1 atom stereocenters. The summed E-state index contributed by atoms with van der Waals surface area (Å²) < 4.78 is 0. The number of carbonyl (C=O) groups is 2. The third kappa shape index (κ3) is 4.98. The smallest absolute Gasteiger partial charge is 0.303 e. The molecule has 0 saturated heterocycles. The Morgan fingerprint density at radius 3 is 2.94 bits per heavy atom. The van der Waals surface area contributed by atoms with Crippen LogP contribution in [0.5, 0.6) is 0 Å². The van der Waals surface area contributed by atoms with Crippen LogP contribution in [0.4, 0.5) is 0 Å². The molecule has 0 amide bonds. The van der Waals surface area contributed by atoms with Crippen LogP contribution in [-0.4, -0.2) is 16.9 Å². The number of hydrogen-bond acceptors (Lipinski definition) is 2. The molecule has 1 aliphatic rings. The first-order valence-corrected chi connectivity index (χ1v) is 6.19. The average Bonchev–Trinajstić information content (AvgIpc) is 2.62. The van der Waals surface area contributed by atoms with Crippen molar-refractivity contribution in [3.8, 4) is 0 Å². The van der Waals surface area contributed by atoms with E-state index < -0.39 is 5.97 Å². The fourth-order valence-electron chi connectivity index (χ4n) is 2.26. The summed E-state index contributed by atoms with van der Waals surface area (Å²) in [4.78, 5) is 21.7. The third-order valence-electron chi connectivity index (χ3n) is 3.15. The molecule has 0 saturated carbocycles. The number of ketones is 1. The van der Waals surface area contributed by atoms with Gasteiger partial charge in [0.05, 0.1) is 0 Å². The molecular weight excluding hydrogens is 216 g/mol. The quantitative estimate of drug-likeness (QED) is 0.520. The molecule has 0 bridgehead atoms. The van der Waals surface area contributed by atoms with Crippen molar-refractivity contribution in [2.24, 2.45) is 5.92 Å². The molecule has 1 N–H and O–H groups in total. The molecular formula is C14H20O3. The first-order valence-electron chi connectivity index (χ1n) is 6.19. The lowest BCUT2D eigenvalue weighted by molar-refractivity contribution is -0.137. The van der Waals surface area contributed by atoms with Gasteiger partial charge in [-0.2, -0.15) is 0 Å². The van der Waals surface area contributed by atoms with Gasteiger partial charge in [0, 0.05) is 12.8 Å². The van der Waals surface area contributed by atoms with E-state index in [9.17, 15) is 9.59 Å². The summed E-state index contributed by atoms with van der Waals surface area (Å²) in [5, 5.41) is 8.54. The van der Waals surface area contributed by atoms with Crippen molar-refractivity contribution in [1.29, 1.82) is 0 Å². The Balaban J connectivity index is 2.31. The van der Waals surface area contributed by atoms with E-state index in [1.807, 2.05) is 6.08 Å². The monoisotopic (exact) mass is 236 g/mol. The third-order valence-corrected chi connectivity index (χ3v) is 3.15. The summed E-state index contributed by atoms with van der Waals surface area (Å²) in [6.45, 7) is 3.68. The second-order valence-corrected chi connectivity index (χ2v) is 4.55. The van der Waals surface area contributed by atoms with Crippen LogP contribution in [0.15, 0.2) is 24.3 Å². The molecule has 17 heavy (non-hydrogen) atoms. The second kappa shape index (κ2) is 7.05. The lowest BCUT2D eigenvalue weighted by Crippen LogP contribution is -2.02. The molecule has 0 aliphatic heterocycles. The molecule has 1 aliphatic carbocycles. The Labute approximate surface area is 102 Å². The summed E-state index contributed by atoms with van der Waals surface area (Å²) in [6, 6.07) is 0. The largest absolute Gasteiger partial charge is 0.481 e. The number of carbonyl (C=O) groups excluding carboxylic acids is 1. The summed E-state index contributed by atoms with van der Waals surface area (Å²) >= 11 is 0. The number of carboxylic acids is 1. The van der Waals surface area contributed by atoms with E-state index in [1.54, 1.807) is 6.08 Å². The molecule has 0 fully saturated rings. The summed E-state index contributed by atoms with van der Waals surface area (Å²) in [5.41, 5.74) is 1.23. The highest BCUT2D eigenvalue weighted by Gasteiger charge is 2.23. The molecule has 0 aromatic carbocycles. The number of hydrogen-bond donors (Lipinski definition) is 1. The van der Waals surface area contributed by atoms with Gasteiger partial charge in [0.15, 0.2) is 5.78 Å². The van der Waals surface area contributed by atoms with E-state index >= 15 is 0 Å². The van der Waals surface area contributed by atoms with Crippen molar-refractivity contribution in [2.75, 3.05) is 0 Å². The maximum Gasteiger partial charge on any atom is 0.303 e. The van der Waals surface area contributed by atoms with Gasteiger partial charge in [-0.3, -0.25) is 9.59 Å². The molecule has 1 rings (SSSR count). The van der Waals surface area contributed by atoms with Gasteiger partial charge < -0.3 is 5.11 Å². The summed E-state index contributed by atoms with van der Waals surface area (Å²) in [5.74, 6) is -0.182. The van der Waals surface area contributed by atoms with Gasteiger partial charge in [-0.1, -0.05) is 18.1 Å². The molecule has 0 heterocycles. The minimum absolute atomic E-state index is 0.215. The van der Waals surface area contributed by atoms with Crippen LogP contribution in [0.3, 0.4) is 0 Å². The molecule has 1 unspecified atom stereocenters. The Bertz CT molecular complexity index is 328. The van der Waals surface area contributed by atoms with Crippen molar-refractivity contribution in [3.63, 3.8) is 0 Å². The minimum atomic E-state index is -0.741. The SMILES string of the molecule is C=CCCC1=CC(=O)CC1CCCCC(=O)O. The van der Waals surface area contributed by atoms with E-state index in [1.165, 1.54) is 5.57 Å². The van der Waals surface area contributed by atoms with Crippen LogP contribution in [0.1, 0.15) is 44.9 Å². The first kappa shape index (κ1) is 13.7. The highest BCUT2D eigenvalue weighted by Crippen LogP contribution is 2.31.